The van der Waals surface area contributed by atoms with Gasteiger partial charge in [0.25, 0.3) is 5.91 Å². The Bertz CT molecular complexity index is 1070. The molecule has 0 bridgehead atoms. The Kier molecular flexibility index (Phi) is 6.90. The highest BCUT2D eigenvalue weighted by Crippen LogP contribution is 2.42. The summed E-state index contributed by atoms with van der Waals surface area (Å²) in [5, 5.41) is 11.6. The van der Waals surface area contributed by atoms with Crippen molar-refractivity contribution in [2.75, 3.05) is 31.2 Å². The zero-order valence-corrected chi connectivity index (χ0v) is 18.6. The van der Waals surface area contributed by atoms with Crippen LogP contribution < -0.4 is 10.3 Å². The number of nitriles is 1. The first-order chi connectivity index (χ1) is 15.6. The number of carbonyl (C=O) groups is 2. The number of rotatable bonds is 5. The fourth-order valence-corrected chi connectivity index (χ4v) is 5.01. The van der Waals surface area contributed by atoms with Crippen LogP contribution in [0.1, 0.15) is 11.1 Å². The third-order valence-corrected chi connectivity index (χ3v) is 6.72. The molecule has 32 heavy (non-hydrogen) atoms. The highest BCUT2D eigenvalue weighted by molar-refractivity contribution is 8.05. The zero-order chi connectivity index (χ0) is 22.5. The Hall–Kier alpha value is -3.12. The van der Waals surface area contributed by atoms with Crippen LogP contribution >= 0.6 is 11.8 Å². The number of ether oxygens (including phenoxy) is 1. The topological polar surface area (TPSA) is 85.7 Å². The first-order valence-electron chi connectivity index (χ1n) is 10.5. The van der Waals surface area contributed by atoms with E-state index in [-0.39, 0.29) is 11.5 Å². The van der Waals surface area contributed by atoms with Gasteiger partial charge in [-0.15, -0.1) is 0 Å². The van der Waals surface area contributed by atoms with Gasteiger partial charge in [-0.25, -0.2) is 5.01 Å². The van der Waals surface area contributed by atoms with Crippen molar-refractivity contribution in [1.29, 1.82) is 5.26 Å². The van der Waals surface area contributed by atoms with E-state index in [0.717, 1.165) is 11.1 Å². The van der Waals surface area contributed by atoms with E-state index in [0.29, 0.717) is 43.4 Å². The molecule has 0 aromatic heterocycles. The monoisotopic (exact) mass is 448 g/mol. The molecule has 0 aliphatic carbocycles. The van der Waals surface area contributed by atoms with Gasteiger partial charge in [0.15, 0.2) is 0 Å². The summed E-state index contributed by atoms with van der Waals surface area (Å²) >= 11 is 1.28. The van der Waals surface area contributed by atoms with Crippen molar-refractivity contribution in [2.24, 2.45) is 0 Å². The molecule has 2 heterocycles. The van der Waals surface area contributed by atoms with Crippen LogP contribution in [0.4, 0.5) is 5.69 Å². The smallest absolute Gasteiger partial charge is 0.278 e. The second-order valence-electron chi connectivity index (χ2n) is 7.58. The van der Waals surface area contributed by atoms with Crippen molar-refractivity contribution in [3.05, 3.63) is 76.3 Å². The molecule has 4 rings (SSSR count). The molecule has 2 aromatic carbocycles. The molecule has 2 fully saturated rings. The van der Waals surface area contributed by atoms with Gasteiger partial charge < -0.3 is 4.74 Å². The number of nitrogens with zero attached hydrogens (tertiary/aromatic N) is 3. The first kappa shape index (κ1) is 22.1. The number of amides is 2. The van der Waals surface area contributed by atoms with E-state index < -0.39 is 11.2 Å². The number of nitrogens with one attached hydrogen (secondary N) is 1. The van der Waals surface area contributed by atoms with Gasteiger partial charge in [-0.3, -0.25) is 19.9 Å². The van der Waals surface area contributed by atoms with Gasteiger partial charge in [0.1, 0.15) is 16.7 Å². The fraction of sp³-hybridized carbons (Fsp3) is 0.292. The van der Waals surface area contributed by atoms with E-state index in [2.05, 4.69) is 5.43 Å². The Balaban J connectivity index is 1.68. The highest BCUT2D eigenvalue weighted by atomic mass is 32.2. The highest BCUT2D eigenvalue weighted by Gasteiger charge is 2.41. The lowest BCUT2D eigenvalue weighted by Crippen LogP contribution is -2.49. The minimum atomic E-state index is -0.512. The Morgan fingerprint density at radius 2 is 1.84 bits per heavy atom. The standard InChI is InChI=1S/C24H24N4O3S/c1-17-7-5-6-8-18(17)15-21-23(30)28(19-9-3-2-4-10-19)24(32-21)20(16-25)22(29)26-27-11-13-31-14-12-27/h2-10,21H,11-15H2,1H3,(H,26,29)/b24-20+/t21-/m0/s1. The average Bonchev–Trinajstić information content (AvgIpc) is 3.12. The maximum absolute atomic E-state index is 13.5. The zero-order valence-electron chi connectivity index (χ0n) is 17.8. The fourth-order valence-electron chi connectivity index (χ4n) is 3.71. The van der Waals surface area contributed by atoms with Gasteiger partial charge in [-0.1, -0.05) is 54.2 Å². The minimum Gasteiger partial charge on any atom is -0.379 e. The van der Waals surface area contributed by atoms with E-state index >= 15 is 0 Å². The van der Waals surface area contributed by atoms with Crippen LogP contribution in [-0.4, -0.2) is 48.4 Å². The van der Waals surface area contributed by atoms with Crippen LogP contribution in [0.5, 0.6) is 0 Å². The lowest BCUT2D eigenvalue weighted by Gasteiger charge is -2.27. The van der Waals surface area contributed by atoms with Crippen molar-refractivity contribution >= 4 is 29.3 Å². The summed E-state index contributed by atoms with van der Waals surface area (Å²) in [6, 6.07) is 19.1. The van der Waals surface area contributed by atoms with Gasteiger partial charge >= 0.3 is 0 Å². The molecular weight excluding hydrogens is 424 g/mol. The van der Waals surface area contributed by atoms with Gasteiger partial charge in [0.05, 0.1) is 18.5 Å². The van der Waals surface area contributed by atoms with Crippen LogP contribution in [-0.2, 0) is 20.7 Å². The first-order valence-corrected chi connectivity index (χ1v) is 11.3. The van der Waals surface area contributed by atoms with E-state index in [1.54, 1.807) is 5.01 Å². The van der Waals surface area contributed by atoms with Crippen LogP contribution in [0, 0.1) is 18.3 Å². The number of carbonyl (C=O) groups excluding carboxylic acids is 2. The lowest BCUT2D eigenvalue weighted by molar-refractivity contribution is -0.123. The van der Waals surface area contributed by atoms with Crippen molar-refractivity contribution < 1.29 is 14.3 Å². The summed E-state index contributed by atoms with van der Waals surface area (Å²) in [6.45, 7) is 4.14. The van der Waals surface area contributed by atoms with E-state index in [4.69, 9.17) is 4.74 Å². The second-order valence-corrected chi connectivity index (χ2v) is 8.77. The van der Waals surface area contributed by atoms with Crippen molar-refractivity contribution in [3.8, 4) is 6.07 Å². The third kappa shape index (κ3) is 4.70. The minimum absolute atomic E-state index is 0.0639. The van der Waals surface area contributed by atoms with Crippen molar-refractivity contribution in [2.45, 2.75) is 18.6 Å². The van der Waals surface area contributed by atoms with Gasteiger partial charge in [0, 0.05) is 18.8 Å². The lowest BCUT2D eigenvalue weighted by atomic mass is 10.0. The number of aryl methyl sites for hydroxylation is 1. The van der Waals surface area contributed by atoms with Crippen molar-refractivity contribution in [1.82, 2.24) is 10.4 Å². The molecule has 0 unspecified atom stereocenters. The van der Waals surface area contributed by atoms with Gasteiger partial charge in [-0.2, -0.15) is 5.26 Å². The molecule has 2 saturated heterocycles. The van der Waals surface area contributed by atoms with Crippen LogP contribution in [0.25, 0.3) is 0 Å². The van der Waals surface area contributed by atoms with Crippen LogP contribution in [0.3, 0.4) is 0 Å². The summed E-state index contributed by atoms with van der Waals surface area (Å²) < 4.78 is 5.31. The van der Waals surface area contributed by atoms with Crippen molar-refractivity contribution in [3.63, 3.8) is 0 Å². The Labute approximate surface area is 191 Å². The third-order valence-electron chi connectivity index (χ3n) is 5.46. The Morgan fingerprint density at radius 3 is 2.53 bits per heavy atom. The Morgan fingerprint density at radius 1 is 1.16 bits per heavy atom. The van der Waals surface area contributed by atoms with Gasteiger partial charge in [-0.05, 0) is 36.6 Å². The van der Waals surface area contributed by atoms with E-state index in [9.17, 15) is 14.9 Å². The van der Waals surface area contributed by atoms with Crippen LogP contribution in [0.2, 0.25) is 0 Å². The molecule has 2 aromatic rings. The molecule has 0 radical (unpaired) electrons. The summed E-state index contributed by atoms with van der Waals surface area (Å²) in [7, 11) is 0. The van der Waals surface area contributed by atoms with Crippen LogP contribution in [0.15, 0.2) is 65.2 Å². The molecule has 2 aliphatic heterocycles. The molecule has 2 aliphatic rings. The number of morpholine rings is 1. The molecule has 0 spiro atoms. The maximum Gasteiger partial charge on any atom is 0.278 e. The number of benzene rings is 2. The summed E-state index contributed by atoms with van der Waals surface area (Å²) in [6.07, 6.45) is 0.521. The van der Waals surface area contributed by atoms with Gasteiger partial charge in [0.2, 0.25) is 5.91 Å². The number of para-hydroxylation sites is 1. The molecule has 8 heteroatoms. The average molecular weight is 449 g/mol. The predicted molar refractivity (Wildman–Crippen MR) is 123 cm³/mol. The summed E-state index contributed by atoms with van der Waals surface area (Å²) in [5.74, 6) is -0.645. The number of hydrogen-bond donors (Lipinski definition) is 1. The summed E-state index contributed by atoms with van der Waals surface area (Å²) in [4.78, 5) is 28.0. The normalized spacial score (nSPS) is 20.7. The maximum atomic E-state index is 13.5. The summed E-state index contributed by atoms with van der Waals surface area (Å²) in [5.41, 5.74) is 5.54. The van der Waals surface area contributed by atoms with E-state index in [1.165, 1.54) is 16.7 Å². The molecule has 1 N–H and O–H groups in total. The number of anilines is 1. The molecule has 0 saturated carbocycles. The molecular formula is C24H24N4O3S. The molecule has 164 valence electrons. The molecule has 1 atom stereocenters. The quantitative estimate of drug-likeness (QED) is 0.559. The van der Waals surface area contributed by atoms with E-state index in [1.807, 2.05) is 67.6 Å². The molecule has 2 amide bonds. The second kappa shape index (κ2) is 10.0. The number of hydrazine groups is 1. The molecule has 7 nitrogen and oxygen atoms in total. The predicted octanol–water partition coefficient (Wildman–Crippen LogP) is 2.78. The largest absolute Gasteiger partial charge is 0.379 e. The number of thioether (sulfide) groups is 1. The number of hydrogen-bond acceptors (Lipinski definition) is 6. The SMILES string of the molecule is Cc1ccccc1C[C@@H]1S/C(=C(\C#N)C(=O)NN2CCOCC2)N(c2ccccc2)C1=O.